The van der Waals surface area contributed by atoms with Crippen LogP contribution in [0, 0.1) is 0 Å². The number of hydrogen-bond donors (Lipinski definition) is 1. The second-order valence-electron chi connectivity index (χ2n) is 3.25. The van der Waals surface area contributed by atoms with Gasteiger partial charge in [-0.25, -0.2) is 0 Å². The molecule has 0 spiro atoms. The summed E-state index contributed by atoms with van der Waals surface area (Å²) in [6, 6.07) is 5.98. The maximum absolute atomic E-state index is 6.12. The van der Waals surface area contributed by atoms with Crippen LogP contribution in [0.5, 0.6) is 0 Å². The Morgan fingerprint density at radius 3 is 2.93 bits per heavy atom. The molecule has 0 radical (unpaired) electrons. The molecule has 1 saturated heterocycles. The molecule has 1 aliphatic rings. The van der Waals surface area contributed by atoms with E-state index in [0.717, 1.165) is 27.9 Å². The van der Waals surface area contributed by atoms with Crippen molar-refractivity contribution in [3.63, 3.8) is 0 Å². The number of halogens is 2. The van der Waals surface area contributed by atoms with Gasteiger partial charge in [-0.3, -0.25) is 0 Å². The topological polar surface area (TPSA) is 12.0 Å². The molecule has 1 aromatic rings. The van der Waals surface area contributed by atoms with Gasteiger partial charge in [-0.05, 0) is 23.8 Å². The lowest BCUT2D eigenvalue weighted by Gasteiger charge is -2.24. The molecule has 1 nitrogen and oxygen atoms in total. The van der Waals surface area contributed by atoms with E-state index in [4.69, 9.17) is 23.2 Å². The van der Waals surface area contributed by atoms with Crippen molar-refractivity contribution in [2.75, 3.05) is 18.1 Å². The Bertz CT molecular complexity index is 324. The van der Waals surface area contributed by atoms with Gasteiger partial charge in [0.2, 0.25) is 0 Å². The van der Waals surface area contributed by atoms with Gasteiger partial charge in [-0.1, -0.05) is 23.2 Å². The van der Waals surface area contributed by atoms with Crippen LogP contribution in [0.1, 0.15) is 11.6 Å². The molecule has 14 heavy (non-hydrogen) atoms. The Kier molecular flexibility index (Phi) is 3.61. The number of thioether (sulfide) groups is 1. The van der Waals surface area contributed by atoms with Crippen LogP contribution in [0.4, 0.5) is 0 Å². The molecule has 1 atom stereocenters. The number of nitrogens with one attached hydrogen (secondary N) is 1. The van der Waals surface area contributed by atoms with Crippen molar-refractivity contribution in [1.82, 2.24) is 5.32 Å². The zero-order valence-electron chi connectivity index (χ0n) is 7.59. The molecule has 0 saturated carbocycles. The van der Waals surface area contributed by atoms with Crippen molar-refractivity contribution in [3.8, 4) is 0 Å². The Morgan fingerprint density at radius 2 is 2.21 bits per heavy atom. The summed E-state index contributed by atoms with van der Waals surface area (Å²) in [5.74, 6) is 2.24. The van der Waals surface area contributed by atoms with E-state index in [0.29, 0.717) is 6.04 Å². The highest BCUT2D eigenvalue weighted by atomic mass is 35.5. The van der Waals surface area contributed by atoms with Crippen LogP contribution >= 0.6 is 35.0 Å². The molecule has 1 N–H and O–H groups in total. The standard InChI is InChI=1S/C10H11Cl2NS/c11-7-1-2-9(12)8(5-7)10-6-14-4-3-13-10/h1-2,5,10,13H,3-4,6H2. The normalized spacial score (nSPS) is 22.3. The van der Waals surface area contributed by atoms with E-state index < -0.39 is 0 Å². The Balaban J connectivity index is 2.24. The summed E-state index contributed by atoms with van der Waals surface area (Å²) in [5, 5.41) is 4.99. The number of benzene rings is 1. The summed E-state index contributed by atoms with van der Waals surface area (Å²) in [4.78, 5) is 0. The van der Waals surface area contributed by atoms with E-state index in [-0.39, 0.29) is 0 Å². The van der Waals surface area contributed by atoms with E-state index in [1.807, 2.05) is 30.0 Å². The average Bonchev–Trinajstić information content (AvgIpc) is 2.23. The van der Waals surface area contributed by atoms with Gasteiger partial charge in [0.05, 0.1) is 0 Å². The summed E-state index contributed by atoms with van der Waals surface area (Å²) in [6.45, 7) is 1.04. The van der Waals surface area contributed by atoms with E-state index in [9.17, 15) is 0 Å². The first-order chi connectivity index (χ1) is 6.77. The average molecular weight is 248 g/mol. The van der Waals surface area contributed by atoms with Gasteiger partial charge < -0.3 is 5.32 Å². The molecule has 2 rings (SSSR count). The molecular weight excluding hydrogens is 237 g/mol. The van der Waals surface area contributed by atoms with Gasteiger partial charge in [0.1, 0.15) is 0 Å². The molecule has 1 fully saturated rings. The van der Waals surface area contributed by atoms with Gasteiger partial charge >= 0.3 is 0 Å². The molecule has 1 unspecified atom stereocenters. The molecular formula is C10H11Cl2NS. The molecule has 1 heterocycles. The third-order valence-corrected chi connectivity index (χ3v) is 3.90. The van der Waals surface area contributed by atoms with Crippen LogP contribution < -0.4 is 5.32 Å². The van der Waals surface area contributed by atoms with Crippen molar-refractivity contribution < 1.29 is 0 Å². The predicted octanol–water partition coefficient (Wildman–Crippen LogP) is 3.37. The summed E-state index contributed by atoms with van der Waals surface area (Å²) in [6.07, 6.45) is 0. The highest BCUT2D eigenvalue weighted by Crippen LogP contribution is 2.29. The first-order valence-corrected chi connectivity index (χ1v) is 6.44. The molecule has 0 aromatic heterocycles. The highest BCUT2D eigenvalue weighted by Gasteiger charge is 2.17. The Hall–Kier alpha value is 0.110. The summed E-state index contributed by atoms with van der Waals surface area (Å²) in [7, 11) is 0. The van der Waals surface area contributed by atoms with Crippen molar-refractivity contribution in [1.29, 1.82) is 0 Å². The quantitative estimate of drug-likeness (QED) is 0.817. The van der Waals surface area contributed by atoms with Crippen molar-refractivity contribution in [2.45, 2.75) is 6.04 Å². The highest BCUT2D eigenvalue weighted by molar-refractivity contribution is 7.99. The van der Waals surface area contributed by atoms with Gasteiger partial charge in [0.25, 0.3) is 0 Å². The molecule has 0 aliphatic carbocycles. The van der Waals surface area contributed by atoms with Gasteiger partial charge in [0.15, 0.2) is 0 Å². The maximum Gasteiger partial charge on any atom is 0.0455 e. The van der Waals surface area contributed by atoms with E-state index in [1.54, 1.807) is 0 Å². The Morgan fingerprint density at radius 1 is 1.36 bits per heavy atom. The van der Waals surface area contributed by atoms with Crippen LogP contribution in [0.2, 0.25) is 10.0 Å². The lowest BCUT2D eigenvalue weighted by atomic mass is 10.1. The van der Waals surface area contributed by atoms with Crippen LogP contribution in [0.15, 0.2) is 18.2 Å². The second kappa shape index (κ2) is 4.75. The smallest absolute Gasteiger partial charge is 0.0455 e. The van der Waals surface area contributed by atoms with Crippen LogP contribution in [0.25, 0.3) is 0 Å². The van der Waals surface area contributed by atoms with Crippen molar-refractivity contribution in [2.24, 2.45) is 0 Å². The van der Waals surface area contributed by atoms with E-state index >= 15 is 0 Å². The minimum Gasteiger partial charge on any atom is -0.308 e. The lowest BCUT2D eigenvalue weighted by Crippen LogP contribution is -2.30. The fourth-order valence-electron chi connectivity index (χ4n) is 1.55. The predicted molar refractivity (Wildman–Crippen MR) is 64.5 cm³/mol. The lowest BCUT2D eigenvalue weighted by molar-refractivity contribution is 0.595. The van der Waals surface area contributed by atoms with Gasteiger partial charge in [0, 0.05) is 34.1 Å². The number of hydrogen-bond acceptors (Lipinski definition) is 2. The first-order valence-electron chi connectivity index (χ1n) is 4.53. The third-order valence-electron chi connectivity index (χ3n) is 2.26. The molecule has 0 bridgehead atoms. The number of rotatable bonds is 1. The largest absolute Gasteiger partial charge is 0.308 e. The molecule has 1 aromatic carbocycles. The molecule has 76 valence electrons. The maximum atomic E-state index is 6.12. The van der Waals surface area contributed by atoms with Crippen LogP contribution in [-0.4, -0.2) is 18.1 Å². The molecule has 0 amide bonds. The van der Waals surface area contributed by atoms with E-state index in [1.165, 1.54) is 5.75 Å². The SMILES string of the molecule is Clc1ccc(Cl)c(C2CSCCN2)c1. The Labute approximate surface area is 98.2 Å². The van der Waals surface area contributed by atoms with Gasteiger partial charge in [-0.15, -0.1) is 0 Å². The van der Waals surface area contributed by atoms with E-state index in [2.05, 4.69) is 5.32 Å². The minimum atomic E-state index is 0.347. The van der Waals surface area contributed by atoms with Crippen LogP contribution in [-0.2, 0) is 0 Å². The second-order valence-corrected chi connectivity index (χ2v) is 5.24. The zero-order chi connectivity index (χ0) is 9.97. The minimum absolute atomic E-state index is 0.347. The monoisotopic (exact) mass is 247 g/mol. The van der Waals surface area contributed by atoms with Crippen molar-refractivity contribution >= 4 is 35.0 Å². The summed E-state index contributed by atoms with van der Waals surface area (Å²) < 4.78 is 0. The zero-order valence-corrected chi connectivity index (χ0v) is 9.92. The fourth-order valence-corrected chi connectivity index (χ4v) is 2.94. The third kappa shape index (κ3) is 2.37. The fraction of sp³-hybridized carbons (Fsp3) is 0.400. The van der Waals surface area contributed by atoms with Gasteiger partial charge in [-0.2, -0.15) is 11.8 Å². The van der Waals surface area contributed by atoms with Crippen molar-refractivity contribution in [3.05, 3.63) is 33.8 Å². The molecule has 1 aliphatic heterocycles. The first kappa shape index (κ1) is 10.6. The van der Waals surface area contributed by atoms with Crippen LogP contribution in [0.3, 0.4) is 0 Å². The molecule has 4 heteroatoms. The summed E-state index contributed by atoms with van der Waals surface area (Å²) >= 11 is 14.0. The summed E-state index contributed by atoms with van der Waals surface area (Å²) in [5.41, 5.74) is 1.12.